The Balaban J connectivity index is 2.16. The van der Waals surface area contributed by atoms with Crippen molar-refractivity contribution in [2.24, 2.45) is 0 Å². The minimum Gasteiger partial charge on any atom is -0.393 e. The maximum atomic E-state index is 12.4. The zero-order valence-electron chi connectivity index (χ0n) is 18.3. The zero-order chi connectivity index (χ0) is 22.1. The number of ether oxygens (including phenoxy) is 2. The van der Waals surface area contributed by atoms with E-state index in [1.54, 1.807) is 29.1 Å². The molecule has 0 spiro atoms. The van der Waals surface area contributed by atoms with Gasteiger partial charge in [0.1, 0.15) is 29.0 Å². The molecule has 1 saturated heterocycles. The number of nitrogens with zero attached hydrogens (tertiary/aromatic N) is 2. The average Bonchev–Trinajstić information content (AvgIpc) is 3.18. The van der Waals surface area contributed by atoms with Crippen molar-refractivity contribution in [3.8, 4) is 11.8 Å². The summed E-state index contributed by atoms with van der Waals surface area (Å²) < 4.78 is 28.3. The van der Waals surface area contributed by atoms with Crippen LogP contribution in [0, 0.1) is 11.8 Å². The molecule has 0 amide bonds. The lowest BCUT2D eigenvalue weighted by molar-refractivity contribution is -0.188. The van der Waals surface area contributed by atoms with Gasteiger partial charge in [0, 0.05) is 19.0 Å². The van der Waals surface area contributed by atoms with Crippen LogP contribution in [0.2, 0.25) is 0 Å². The Kier molecular flexibility index (Phi) is 9.31. The SMILES string of the molecule is C=C/C=C(/C#C[C@@H](CO)n1ccnc1[C@H](C)OC1CCCCO1)NS(=O)C(C)(C)C. The van der Waals surface area contributed by atoms with Crippen LogP contribution in [0.1, 0.15) is 64.9 Å². The molecule has 2 unspecified atom stereocenters. The number of imidazole rings is 1. The highest BCUT2D eigenvalue weighted by Gasteiger charge is 2.23. The maximum absolute atomic E-state index is 12.4. The minimum atomic E-state index is -1.32. The molecule has 8 heteroatoms. The second-order valence-corrected chi connectivity index (χ2v) is 10.0. The van der Waals surface area contributed by atoms with Crippen LogP contribution in [-0.2, 0) is 20.5 Å². The van der Waals surface area contributed by atoms with Crippen LogP contribution in [0.25, 0.3) is 0 Å². The van der Waals surface area contributed by atoms with Gasteiger partial charge in [-0.05, 0) is 59.0 Å². The highest BCUT2D eigenvalue weighted by atomic mass is 32.2. The largest absolute Gasteiger partial charge is 0.393 e. The van der Waals surface area contributed by atoms with Gasteiger partial charge < -0.3 is 19.1 Å². The standard InChI is InChI=1S/C22H33N3O4S/c1-6-9-18(24-30(27)22(3,4)5)11-12-19(16-26)25-14-13-23-21(25)17(2)29-20-10-7-8-15-28-20/h6,9,13-14,17,19-20,24,26H,1,7-8,10,15-16H2,2-5H3/b18-9-/t17-,19-,20?,30?/m0/s1. The van der Waals surface area contributed by atoms with Crippen molar-refractivity contribution in [3.05, 3.63) is 42.6 Å². The molecule has 0 saturated carbocycles. The number of nitrogens with one attached hydrogen (secondary N) is 1. The molecule has 2 heterocycles. The molecular formula is C22H33N3O4S. The molecule has 30 heavy (non-hydrogen) atoms. The molecule has 0 aliphatic carbocycles. The summed E-state index contributed by atoms with van der Waals surface area (Å²) in [5.41, 5.74) is 0.471. The molecule has 1 aliphatic heterocycles. The molecule has 2 rings (SSSR count). The smallest absolute Gasteiger partial charge is 0.158 e. The molecule has 1 aliphatic rings. The first-order valence-electron chi connectivity index (χ1n) is 10.2. The average molecular weight is 436 g/mol. The molecule has 0 radical (unpaired) electrons. The highest BCUT2D eigenvalue weighted by Crippen LogP contribution is 2.24. The predicted octanol–water partition coefficient (Wildman–Crippen LogP) is 3.15. The van der Waals surface area contributed by atoms with Crippen molar-refractivity contribution < 1.29 is 18.8 Å². The topological polar surface area (TPSA) is 85.6 Å². The van der Waals surface area contributed by atoms with Gasteiger partial charge in [0.25, 0.3) is 0 Å². The van der Waals surface area contributed by atoms with Crippen molar-refractivity contribution in [1.29, 1.82) is 0 Å². The van der Waals surface area contributed by atoms with Gasteiger partial charge in [0.05, 0.1) is 17.1 Å². The molecule has 1 fully saturated rings. The molecule has 166 valence electrons. The quantitative estimate of drug-likeness (QED) is 0.484. The van der Waals surface area contributed by atoms with Gasteiger partial charge in [0.2, 0.25) is 0 Å². The number of rotatable bonds is 8. The summed E-state index contributed by atoms with van der Waals surface area (Å²) >= 11 is 0. The van der Waals surface area contributed by atoms with Gasteiger partial charge in [0.15, 0.2) is 6.29 Å². The van der Waals surface area contributed by atoms with E-state index in [2.05, 4.69) is 28.1 Å². The Bertz CT molecular complexity index is 810. The van der Waals surface area contributed by atoms with Crippen molar-refractivity contribution in [2.75, 3.05) is 13.2 Å². The van der Waals surface area contributed by atoms with E-state index in [4.69, 9.17) is 9.47 Å². The predicted molar refractivity (Wildman–Crippen MR) is 119 cm³/mol. The van der Waals surface area contributed by atoms with Crippen molar-refractivity contribution in [3.63, 3.8) is 0 Å². The van der Waals surface area contributed by atoms with Crippen LogP contribution in [0.4, 0.5) is 0 Å². The van der Waals surface area contributed by atoms with E-state index in [-0.39, 0.29) is 19.0 Å². The first kappa shape index (κ1) is 24.4. The van der Waals surface area contributed by atoms with Crippen molar-refractivity contribution in [2.45, 2.75) is 70.1 Å². The summed E-state index contributed by atoms with van der Waals surface area (Å²) in [7, 11) is -1.32. The van der Waals surface area contributed by atoms with E-state index in [1.807, 2.05) is 27.7 Å². The molecule has 4 atom stereocenters. The molecule has 1 aromatic rings. The molecule has 0 bridgehead atoms. The third-order valence-corrected chi connectivity index (χ3v) is 6.00. The van der Waals surface area contributed by atoms with Gasteiger partial charge in [-0.2, -0.15) is 0 Å². The summed E-state index contributed by atoms with van der Waals surface area (Å²) in [5, 5.41) is 9.94. The Labute approximate surface area is 182 Å². The first-order chi connectivity index (χ1) is 14.3. The van der Waals surface area contributed by atoms with E-state index in [1.165, 1.54) is 0 Å². The lowest BCUT2D eigenvalue weighted by Gasteiger charge is -2.26. The van der Waals surface area contributed by atoms with E-state index in [0.29, 0.717) is 18.1 Å². The van der Waals surface area contributed by atoms with Crippen molar-refractivity contribution in [1.82, 2.24) is 14.3 Å². The number of hydrogen-bond donors (Lipinski definition) is 2. The molecular weight excluding hydrogens is 402 g/mol. The van der Waals surface area contributed by atoms with Gasteiger partial charge in [-0.1, -0.05) is 18.6 Å². The first-order valence-corrected chi connectivity index (χ1v) is 11.3. The lowest BCUT2D eigenvalue weighted by atomic mass is 10.2. The summed E-state index contributed by atoms with van der Waals surface area (Å²) in [5.74, 6) is 6.67. The van der Waals surface area contributed by atoms with Gasteiger partial charge in [-0.15, -0.1) is 0 Å². The summed E-state index contributed by atoms with van der Waals surface area (Å²) in [6, 6.07) is -0.529. The van der Waals surface area contributed by atoms with Crippen LogP contribution in [0.5, 0.6) is 0 Å². The van der Waals surface area contributed by atoms with E-state index in [9.17, 15) is 9.32 Å². The Morgan fingerprint density at radius 1 is 1.57 bits per heavy atom. The normalized spacial score (nSPS) is 20.6. The van der Waals surface area contributed by atoms with E-state index < -0.39 is 21.8 Å². The highest BCUT2D eigenvalue weighted by molar-refractivity contribution is 7.84. The Morgan fingerprint density at radius 2 is 2.33 bits per heavy atom. The third-order valence-electron chi connectivity index (χ3n) is 4.48. The second-order valence-electron chi connectivity index (χ2n) is 8.03. The summed E-state index contributed by atoms with van der Waals surface area (Å²) in [6.07, 6.45) is 9.11. The van der Waals surface area contributed by atoms with Crippen LogP contribution >= 0.6 is 0 Å². The molecule has 7 nitrogen and oxygen atoms in total. The van der Waals surface area contributed by atoms with E-state index in [0.717, 1.165) is 19.3 Å². The maximum Gasteiger partial charge on any atom is 0.158 e. The van der Waals surface area contributed by atoms with Gasteiger partial charge in [-0.25, -0.2) is 9.19 Å². The van der Waals surface area contributed by atoms with Gasteiger partial charge in [-0.3, -0.25) is 4.72 Å². The van der Waals surface area contributed by atoms with Crippen LogP contribution in [0.3, 0.4) is 0 Å². The fraction of sp³-hybridized carbons (Fsp3) is 0.591. The number of allylic oxidation sites excluding steroid dienone is 3. The Hall–Kier alpha value is -1.92. The summed E-state index contributed by atoms with van der Waals surface area (Å²) in [6.45, 7) is 11.7. The fourth-order valence-electron chi connectivity index (χ4n) is 2.85. The monoisotopic (exact) mass is 435 g/mol. The molecule has 1 aromatic heterocycles. The van der Waals surface area contributed by atoms with Crippen LogP contribution in [-0.4, -0.2) is 43.1 Å². The fourth-order valence-corrected chi connectivity index (χ4v) is 3.47. The second kappa shape index (κ2) is 11.5. The number of aromatic nitrogens is 2. The number of aliphatic hydroxyl groups excluding tert-OH is 1. The zero-order valence-corrected chi connectivity index (χ0v) is 19.1. The van der Waals surface area contributed by atoms with E-state index >= 15 is 0 Å². The van der Waals surface area contributed by atoms with Crippen LogP contribution < -0.4 is 4.72 Å². The van der Waals surface area contributed by atoms with Crippen LogP contribution in [0.15, 0.2) is 36.8 Å². The lowest BCUT2D eigenvalue weighted by Crippen LogP contribution is -2.32. The minimum absolute atomic E-state index is 0.202. The van der Waals surface area contributed by atoms with Gasteiger partial charge >= 0.3 is 0 Å². The summed E-state index contributed by atoms with van der Waals surface area (Å²) in [4.78, 5) is 4.40. The van der Waals surface area contributed by atoms with Crippen molar-refractivity contribution >= 4 is 11.0 Å². The number of aliphatic hydroxyl groups is 1. The third kappa shape index (κ3) is 7.10. The number of hydrogen-bond acceptors (Lipinski definition) is 5. The molecule has 0 aromatic carbocycles. The molecule has 2 N–H and O–H groups in total. The Morgan fingerprint density at radius 3 is 2.93 bits per heavy atom.